The van der Waals surface area contributed by atoms with Crippen molar-refractivity contribution in [1.82, 2.24) is 9.97 Å². The largest absolute Gasteiger partial charge is 0.465 e. The van der Waals surface area contributed by atoms with E-state index in [1.165, 1.54) is 32.7 Å². The number of carbonyl (C=O) groups is 1. The quantitative estimate of drug-likeness (QED) is 0.404. The molecule has 9 heteroatoms. The van der Waals surface area contributed by atoms with Gasteiger partial charge in [0.1, 0.15) is 6.33 Å². The molecular weight excluding hydrogens is 410 g/mol. The third kappa shape index (κ3) is 3.45. The van der Waals surface area contributed by atoms with Gasteiger partial charge in [-0.1, -0.05) is 12.1 Å². The first kappa shape index (κ1) is 20.7. The number of nitrogens with one attached hydrogen (secondary N) is 1. The lowest BCUT2D eigenvalue weighted by Crippen LogP contribution is -2.55. The second-order valence-electron chi connectivity index (χ2n) is 9.54. The highest BCUT2D eigenvalue weighted by Gasteiger charge is 2.51. The molecule has 32 heavy (non-hydrogen) atoms. The lowest BCUT2D eigenvalue weighted by Gasteiger charge is -2.57. The third-order valence-electron chi connectivity index (χ3n) is 7.40. The van der Waals surface area contributed by atoms with Crippen molar-refractivity contribution >= 4 is 29.0 Å². The summed E-state index contributed by atoms with van der Waals surface area (Å²) in [5, 5.41) is 15.7. The Balaban J connectivity index is 1.53. The van der Waals surface area contributed by atoms with Gasteiger partial charge in [-0.15, -0.1) is 0 Å². The van der Waals surface area contributed by atoms with Crippen molar-refractivity contribution in [2.75, 3.05) is 24.4 Å². The summed E-state index contributed by atoms with van der Waals surface area (Å²) in [6.45, 7) is 0. The molecule has 4 aliphatic carbocycles. The molecule has 6 rings (SSSR count). The van der Waals surface area contributed by atoms with Crippen molar-refractivity contribution in [2.24, 2.45) is 17.8 Å². The number of benzene rings is 1. The second kappa shape index (κ2) is 7.72. The number of nitro groups is 1. The van der Waals surface area contributed by atoms with E-state index in [0.29, 0.717) is 29.0 Å². The Labute approximate surface area is 186 Å². The molecule has 0 radical (unpaired) electrons. The molecule has 4 aliphatic rings. The molecule has 0 unspecified atom stereocenters. The summed E-state index contributed by atoms with van der Waals surface area (Å²) in [5.74, 6) is 1.96. The fourth-order valence-corrected chi connectivity index (χ4v) is 6.55. The number of esters is 1. The van der Waals surface area contributed by atoms with E-state index in [1.54, 1.807) is 36.2 Å². The smallest absolute Gasteiger partial charge is 0.353 e. The third-order valence-corrected chi connectivity index (χ3v) is 7.40. The SMILES string of the molecule is COC(=O)c1ccccc1N(C)c1ncnc(NC23CC4CC(CC(C4)C2)C3)c1[N+](=O)[O-]. The van der Waals surface area contributed by atoms with E-state index >= 15 is 0 Å². The van der Waals surface area contributed by atoms with Crippen molar-refractivity contribution in [3.8, 4) is 0 Å². The topological polar surface area (TPSA) is 110 Å². The molecule has 2 aromatic rings. The van der Waals surface area contributed by atoms with Crippen LogP contribution >= 0.6 is 0 Å². The number of ether oxygens (including phenoxy) is 1. The van der Waals surface area contributed by atoms with E-state index in [2.05, 4.69) is 15.3 Å². The van der Waals surface area contributed by atoms with Crippen LogP contribution < -0.4 is 10.2 Å². The molecule has 1 aromatic heterocycles. The van der Waals surface area contributed by atoms with Crippen LogP contribution in [0, 0.1) is 27.9 Å². The van der Waals surface area contributed by atoms with Gasteiger partial charge >= 0.3 is 11.7 Å². The van der Waals surface area contributed by atoms with Gasteiger partial charge in [-0.25, -0.2) is 14.8 Å². The van der Waals surface area contributed by atoms with Crippen molar-refractivity contribution < 1.29 is 14.5 Å². The first-order valence-electron chi connectivity index (χ1n) is 11.1. The number of carbonyl (C=O) groups excluding carboxylic acids is 1. The van der Waals surface area contributed by atoms with E-state index in [-0.39, 0.29) is 22.9 Å². The highest BCUT2D eigenvalue weighted by Crippen LogP contribution is 2.57. The standard InChI is InChI=1S/C23H27N5O4/c1-27(18-6-4-3-5-17(18)22(29)32-2)21-19(28(30)31)20(24-13-25-21)26-23-10-14-7-15(11-23)9-16(8-14)12-23/h3-6,13-16H,7-12H2,1-2H3,(H,24,25,26). The molecule has 4 fully saturated rings. The Kier molecular flexibility index (Phi) is 4.98. The first-order chi connectivity index (χ1) is 15.4. The summed E-state index contributed by atoms with van der Waals surface area (Å²) in [6.07, 6.45) is 8.31. The van der Waals surface area contributed by atoms with E-state index in [9.17, 15) is 14.9 Å². The maximum Gasteiger partial charge on any atom is 0.353 e. The van der Waals surface area contributed by atoms with Gasteiger partial charge in [-0.05, 0) is 68.4 Å². The molecular formula is C23H27N5O4. The van der Waals surface area contributed by atoms with E-state index in [0.717, 1.165) is 19.3 Å². The van der Waals surface area contributed by atoms with Gasteiger partial charge in [0.25, 0.3) is 0 Å². The fraction of sp³-hybridized carbons (Fsp3) is 0.522. The molecule has 0 atom stereocenters. The van der Waals surface area contributed by atoms with E-state index < -0.39 is 10.9 Å². The van der Waals surface area contributed by atoms with Gasteiger partial charge < -0.3 is 15.0 Å². The highest BCUT2D eigenvalue weighted by atomic mass is 16.6. The summed E-state index contributed by atoms with van der Waals surface area (Å²) in [6, 6.07) is 6.82. The number of nitrogens with zero attached hydrogens (tertiary/aromatic N) is 4. The Morgan fingerprint density at radius 2 is 1.78 bits per heavy atom. The summed E-state index contributed by atoms with van der Waals surface area (Å²) < 4.78 is 4.88. The minimum atomic E-state index is -0.518. The number of hydrogen-bond donors (Lipinski definition) is 1. The molecule has 9 nitrogen and oxygen atoms in total. The summed E-state index contributed by atoms with van der Waals surface area (Å²) in [7, 11) is 2.96. The monoisotopic (exact) mass is 437 g/mol. The van der Waals surface area contributed by atoms with E-state index in [1.807, 2.05) is 0 Å². The molecule has 1 aromatic carbocycles. The number of anilines is 3. The van der Waals surface area contributed by atoms with Gasteiger partial charge in [-0.2, -0.15) is 0 Å². The maximum absolute atomic E-state index is 12.2. The summed E-state index contributed by atoms with van der Waals surface area (Å²) in [4.78, 5) is 34.1. The predicted octanol–water partition coefficient (Wildman–Crippen LogP) is 4.32. The molecule has 0 saturated heterocycles. The summed E-state index contributed by atoms with van der Waals surface area (Å²) >= 11 is 0. The van der Waals surface area contributed by atoms with Crippen LogP contribution in [0.1, 0.15) is 48.9 Å². The molecule has 1 heterocycles. The zero-order valence-electron chi connectivity index (χ0n) is 18.3. The van der Waals surface area contributed by atoms with E-state index in [4.69, 9.17) is 4.74 Å². The lowest BCUT2D eigenvalue weighted by molar-refractivity contribution is -0.383. The van der Waals surface area contributed by atoms with Crippen LogP contribution in [0.2, 0.25) is 0 Å². The molecule has 4 bridgehead atoms. The Morgan fingerprint density at radius 1 is 1.16 bits per heavy atom. The molecule has 4 saturated carbocycles. The fourth-order valence-electron chi connectivity index (χ4n) is 6.55. The molecule has 0 aliphatic heterocycles. The van der Waals surface area contributed by atoms with Crippen molar-refractivity contribution in [3.63, 3.8) is 0 Å². The minimum absolute atomic E-state index is 0.131. The predicted molar refractivity (Wildman–Crippen MR) is 119 cm³/mol. The normalized spacial score (nSPS) is 27.8. The van der Waals surface area contributed by atoms with Crippen LogP contribution in [-0.4, -0.2) is 40.6 Å². The van der Waals surface area contributed by atoms with Gasteiger partial charge in [-0.3, -0.25) is 10.1 Å². The van der Waals surface area contributed by atoms with Crippen LogP contribution in [-0.2, 0) is 4.74 Å². The number of methoxy groups -OCH3 is 1. The number of para-hydroxylation sites is 1. The molecule has 0 amide bonds. The summed E-state index contributed by atoms with van der Waals surface area (Å²) in [5.41, 5.74) is 0.474. The van der Waals surface area contributed by atoms with Crippen LogP contribution in [0.15, 0.2) is 30.6 Å². The molecule has 0 spiro atoms. The van der Waals surface area contributed by atoms with Crippen molar-refractivity contribution in [1.29, 1.82) is 0 Å². The zero-order chi connectivity index (χ0) is 22.5. The minimum Gasteiger partial charge on any atom is -0.465 e. The number of hydrogen-bond acceptors (Lipinski definition) is 8. The Hall–Kier alpha value is -3.23. The lowest BCUT2D eigenvalue weighted by atomic mass is 9.53. The maximum atomic E-state index is 12.2. The number of rotatable bonds is 6. The Bertz CT molecular complexity index is 1040. The van der Waals surface area contributed by atoms with Crippen molar-refractivity contribution in [2.45, 2.75) is 44.1 Å². The molecule has 1 N–H and O–H groups in total. The number of aromatic nitrogens is 2. The van der Waals surface area contributed by atoms with Gasteiger partial charge in [0.05, 0.1) is 23.3 Å². The van der Waals surface area contributed by atoms with Crippen LogP contribution in [0.25, 0.3) is 0 Å². The molecule has 168 valence electrons. The van der Waals surface area contributed by atoms with Crippen LogP contribution in [0.4, 0.5) is 23.0 Å². The first-order valence-corrected chi connectivity index (χ1v) is 11.1. The second-order valence-corrected chi connectivity index (χ2v) is 9.54. The zero-order valence-corrected chi connectivity index (χ0v) is 18.3. The average Bonchev–Trinajstić information content (AvgIpc) is 2.76. The van der Waals surface area contributed by atoms with Gasteiger partial charge in [0.2, 0.25) is 11.6 Å². The van der Waals surface area contributed by atoms with Gasteiger partial charge in [0.15, 0.2) is 0 Å². The van der Waals surface area contributed by atoms with Crippen LogP contribution in [0.3, 0.4) is 0 Å². The van der Waals surface area contributed by atoms with Crippen molar-refractivity contribution in [3.05, 3.63) is 46.3 Å². The van der Waals surface area contributed by atoms with Crippen LogP contribution in [0.5, 0.6) is 0 Å². The van der Waals surface area contributed by atoms with Gasteiger partial charge in [0, 0.05) is 12.6 Å². The Morgan fingerprint density at radius 3 is 2.38 bits per heavy atom. The average molecular weight is 438 g/mol. The highest BCUT2D eigenvalue weighted by molar-refractivity contribution is 5.97.